The number of fused-ring (bicyclic) bond motifs is 1. The van der Waals surface area contributed by atoms with Crippen LogP contribution < -0.4 is 0 Å². The third-order valence-electron chi connectivity index (χ3n) is 3.45. The van der Waals surface area contributed by atoms with E-state index in [0.29, 0.717) is 10.8 Å². The minimum atomic E-state index is 0.575. The number of nitrogens with zero attached hydrogens (tertiary/aromatic N) is 4. The lowest BCUT2D eigenvalue weighted by Crippen LogP contribution is -1.93. The highest BCUT2D eigenvalue weighted by molar-refractivity contribution is 6.30. The predicted molar refractivity (Wildman–Crippen MR) is 86.7 cm³/mol. The molecule has 0 aliphatic heterocycles. The van der Waals surface area contributed by atoms with Gasteiger partial charge in [0.1, 0.15) is 0 Å². The third kappa shape index (κ3) is 2.23. The van der Waals surface area contributed by atoms with Crippen LogP contribution in [0.3, 0.4) is 0 Å². The molecule has 0 aliphatic carbocycles. The molecule has 5 heteroatoms. The van der Waals surface area contributed by atoms with E-state index in [2.05, 4.69) is 15.2 Å². The van der Waals surface area contributed by atoms with Crippen LogP contribution in [0.15, 0.2) is 66.9 Å². The summed E-state index contributed by atoms with van der Waals surface area (Å²) in [5.41, 5.74) is 2.88. The van der Waals surface area contributed by atoms with Crippen LogP contribution in [0, 0.1) is 0 Å². The predicted octanol–water partition coefficient (Wildman–Crippen LogP) is 4.11. The molecule has 0 radical (unpaired) electrons. The molecule has 4 rings (SSSR count). The first-order valence-electron chi connectivity index (χ1n) is 6.84. The molecule has 0 spiro atoms. The molecule has 0 fully saturated rings. The van der Waals surface area contributed by atoms with Gasteiger partial charge in [0.15, 0.2) is 5.82 Å². The van der Waals surface area contributed by atoms with Gasteiger partial charge in [-0.2, -0.15) is 0 Å². The Hall–Kier alpha value is -2.72. The summed E-state index contributed by atoms with van der Waals surface area (Å²) in [7, 11) is 0. The summed E-state index contributed by atoms with van der Waals surface area (Å²) in [6.45, 7) is 0. The lowest BCUT2D eigenvalue weighted by molar-refractivity contribution is 1.10. The van der Waals surface area contributed by atoms with Crippen molar-refractivity contribution in [2.45, 2.75) is 0 Å². The minimum Gasteiger partial charge on any atom is -0.266 e. The van der Waals surface area contributed by atoms with Gasteiger partial charge in [0, 0.05) is 22.3 Å². The molecule has 0 bridgehead atoms. The van der Waals surface area contributed by atoms with Crippen LogP contribution in [0.5, 0.6) is 0 Å². The number of aromatic nitrogens is 4. The second-order valence-corrected chi connectivity index (χ2v) is 5.32. The molecule has 2 aromatic carbocycles. The molecule has 4 nitrogen and oxygen atoms in total. The summed E-state index contributed by atoms with van der Waals surface area (Å²) < 4.78 is 1.87. The van der Waals surface area contributed by atoms with E-state index in [0.717, 1.165) is 22.6 Å². The maximum Gasteiger partial charge on any atom is 0.255 e. The molecular weight excluding hydrogens is 296 g/mol. The normalized spacial score (nSPS) is 11.0. The molecule has 0 N–H and O–H groups in total. The highest BCUT2D eigenvalue weighted by Crippen LogP contribution is 2.22. The first kappa shape index (κ1) is 13.0. The number of hydrogen-bond donors (Lipinski definition) is 0. The molecule has 0 amide bonds. The fourth-order valence-corrected chi connectivity index (χ4v) is 2.48. The van der Waals surface area contributed by atoms with E-state index in [9.17, 15) is 0 Å². The van der Waals surface area contributed by atoms with Crippen LogP contribution in [0.25, 0.3) is 28.4 Å². The van der Waals surface area contributed by atoms with Gasteiger partial charge in [-0.25, -0.2) is 4.98 Å². The molecule has 2 aromatic heterocycles. The largest absolute Gasteiger partial charge is 0.266 e. The monoisotopic (exact) mass is 306 g/mol. The average molecular weight is 307 g/mol. The quantitative estimate of drug-likeness (QED) is 0.559. The maximum absolute atomic E-state index is 5.92. The van der Waals surface area contributed by atoms with E-state index in [1.165, 1.54) is 0 Å². The van der Waals surface area contributed by atoms with Crippen molar-refractivity contribution in [3.05, 3.63) is 71.9 Å². The fourth-order valence-electron chi connectivity index (χ4n) is 2.35. The smallest absolute Gasteiger partial charge is 0.255 e. The van der Waals surface area contributed by atoms with E-state index < -0.39 is 0 Å². The lowest BCUT2D eigenvalue weighted by Gasteiger charge is -2.03. The van der Waals surface area contributed by atoms with Crippen LogP contribution in [0.4, 0.5) is 0 Å². The maximum atomic E-state index is 5.92. The van der Waals surface area contributed by atoms with Gasteiger partial charge in [-0.1, -0.05) is 41.9 Å². The highest BCUT2D eigenvalue weighted by Gasteiger charge is 2.10. The van der Waals surface area contributed by atoms with Crippen LogP contribution in [0.2, 0.25) is 5.02 Å². The van der Waals surface area contributed by atoms with Crippen molar-refractivity contribution in [3.63, 3.8) is 0 Å². The van der Waals surface area contributed by atoms with Gasteiger partial charge in [-0.3, -0.25) is 4.40 Å². The summed E-state index contributed by atoms with van der Waals surface area (Å²) in [4.78, 5) is 4.57. The van der Waals surface area contributed by atoms with Gasteiger partial charge in [0.25, 0.3) is 5.78 Å². The SMILES string of the molecule is Clc1ccc(-c2nnc3nc(-c4ccccc4)ccn23)cc1. The van der Waals surface area contributed by atoms with Crippen molar-refractivity contribution in [2.75, 3.05) is 0 Å². The number of halogens is 1. The average Bonchev–Trinajstić information content (AvgIpc) is 2.99. The molecule has 22 heavy (non-hydrogen) atoms. The van der Waals surface area contributed by atoms with Gasteiger partial charge in [0.2, 0.25) is 0 Å². The molecule has 106 valence electrons. The molecule has 2 heterocycles. The molecule has 0 aliphatic rings. The Bertz CT molecular complexity index is 930. The molecule has 0 saturated carbocycles. The number of hydrogen-bond acceptors (Lipinski definition) is 3. The van der Waals surface area contributed by atoms with Gasteiger partial charge in [-0.05, 0) is 30.3 Å². The van der Waals surface area contributed by atoms with E-state index in [4.69, 9.17) is 11.6 Å². The van der Waals surface area contributed by atoms with Gasteiger partial charge in [0.05, 0.1) is 5.69 Å². The first-order valence-corrected chi connectivity index (χ1v) is 7.22. The Morgan fingerprint density at radius 2 is 1.55 bits per heavy atom. The van der Waals surface area contributed by atoms with Gasteiger partial charge >= 0.3 is 0 Å². The molecule has 0 saturated heterocycles. The van der Waals surface area contributed by atoms with Crippen molar-refractivity contribution in [1.82, 2.24) is 19.6 Å². The number of benzene rings is 2. The van der Waals surface area contributed by atoms with Crippen LogP contribution >= 0.6 is 11.6 Å². The second-order valence-electron chi connectivity index (χ2n) is 4.88. The van der Waals surface area contributed by atoms with E-state index in [-0.39, 0.29) is 0 Å². The molecular formula is C17H11ClN4. The number of rotatable bonds is 2. The Labute approximate surface area is 132 Å². The van der Waals surface area contributed by atoms with Crippen molar-refractivity contribution in [3.8, 4) is 22.6 Å². The molecule has 0 atom stereocenters. The van der Waals surface area contributed by atoms with Crippen molar-refractivity contribution in [1.29, 1.82) is 0 Å². The summed E-state index contributed by atoms with van der Waals surface area (Å²) in [6, 6.07) is 19.5. The van der Waals surface area contributed by atoms with E-state index in [1.807, 2.05) is 71.3 Å². The zero-order valence-corrected chi connectivity index (χ0v) is 12.3. The summed E-state index contributed by atoms with van der Waals surface area (Å²) in [6.07, 6.45) is 1.94. The summed E-state index contributed by atoms with van der Waals surface area (Å²) in [5, 5.41) is 9.11. The molecule has 0 unspecified atom stereocenters. The zero-order chi connectivity index (χ0) is 14.9. The summed E-state index contributed by atoms with van der Waals surface area (Å²) >= 11 is 5.92. The van der Waals surface area contributed by atoms with Crippen LogP contribution in [0.1, 0.15) is 0 Å². The minimum absolute atomic E-state index is 0.575. The Kier molecular flexibility index (Phi) is 3.09. The molecule has 4 aromatic rings. The zero-order valence-electron chi connectivity index (χ0n) is 11.5. The van der Waals surface area contributed by atoms with Crippen molar-refractivity contribution >= 4 is 17.4 Å². The topological polar surface area (TPSA) is 43.1 Å². The van der Waals surface area contributed by atoms with Crippen molar-refractivity contribution in [2.24, 2.45) is 0 Å². The van der Waals surface area contributed by atoms with E-state index >= 15 is 0 Å². The summed E-state index contributed by atoms with van der Waals surface area (Å²) in [5.74, 6) is 1.32. The van der Waals surface area contributed by atoms with Gasteiger partial charge in [-0.15, -0.1) is 10.2 Å². The van der Waals surface area contributed by atoms with Crippen molar-refractivity contribution < 1.29 is 0 Å². The Morgan fingerprint density at radius 3 is 2.32 bits per heavy atom. The second kappa shape index (κ2) is 5.24. The van der Waals surface area contributed by atoms with E-state index in [1.54, 1.807) is 0 Å². The van der Waals surface area contributed by atoms with Gasteiger partial charge < -0.3 is 0 Å². The first-order chi connectivity index (χ1) is 10.8. The standard InChI is InChI=1S/C17H11ClN4/c18-14-8-6-13(7-9-14)16-20-21-17-19-15(10-11-22(16)17)12-4-2-1-3-5-12/h1-11H. The van der Waals surface area contributed by atoms with Crippen LogP contribution in [-0.2, 0) is 0 Å². The third-order valence-corrected chi connectivity index (χ3v) is 3.70. The fraction of sp³-hybridized carbons (Fsp3) is 0. The highest BCUT2D eigenvalue weighted by atomic mass is 35.5. The van der Waals surface area contributed by atoms with Crippen LogP contribution in [-0.4, -0.2) is 19.6 Å². The lowest BCUT2D eigenvalue weighted by atomic mass is 10.1. The Morgan fingerprint density at radius 1 is 0.773 bits per heavy atom. The Balaban J connectivity index is 1.82.